The van der Waals surface area contributed by atoms with Gasteiger partial charge in [0.1, 0.15) is 11.4 Å². The van der Waals surface area contributed by atoms with E-state index in [4.69, 9.17) is 4.74 Å². The molecule has 152 valence electrons. The molecule has 0 bridgehead atoms. The molecule has 1 aliphatic rings. The monoisotopic (exact) mass is 392 g/mol. The molecule has 6 nitrogen and oxygen atoms in total. The molecule has 0 saturated carbocycles. The molecule has 1 aliphatic heterocycles. The Morgan fingerprint density at radius 2 is 2.04 bits per heavy atom. The van der Waals surface area contributed by atoms with E-state index in [1.54, 1.807) is 32.9 Å². The number of amides is 1. The summed E-state index contributed by atoms with van der Waals surface area (Å²) in [6.07, 6.45) is -0.462. The molecule has 1 aromatic carbocycles. The van der Waals surface area contributed by atoms with Gasteiger partial charge in [-0.2, -0.15) is 0 Å². The normalized spacial score (nSPS) is 17.8. The van der Waals surface area contributed by atoms with Crippen LogP contribution in [0.4, 0.5) is 19.4 Å². The number of alkyl carbamates (subject to hydrolysis) is 1. The molecule has 28 heavy (non-hydrogen) atoms. The van der Waals surface area contributed by atoms with E-state index in [-0.39, 0.29) is 6.04 Å². The van der Waals surface area contributed by atoms with Crippen LogP contribution in [0.3, 0.4) is 0 Å². The van der Waals surface area contributed by atoms with Crippen molar-refractivity contribution in [3.05, 3.63) is 30.1 Å². The van der Waals surface area contributed by atoms with Crippen molar-refractivity contribution in [2.45, 2.75) is 58.1 Å². The summed E-state index contributed by atoms with van der Waals surface area (Å²) in [5.41, 5.74) is -0.0852. The zero-order valence-electron chi connectivity index (χ0n) is 16.4. The minimum absolute atomic E-state index is 0.0508. The van der Waals surface area contributed by atoms with E-state index in [0.29, 0.717) is 24.4 Å². The molecule has 0 aliphatic carbocycles. The summed E-state index contributed by atoms with van der Waals surface area (Å²) < 4.78 is 32.0. The van der Waals surface area contributed by atoms with Crippen LogP contribution in [-0.2, 0) is 4.74 Å². The zero-order valence-corrected chi connectivity index (χ0v) is 16.4. The number of benzene rings is 1. The van der Waals surface area contributed by atoms with Gasteiger partial charge in [-0.25, -0.2) is 23.5 Å². The van der Waals surface area contributed by atoms with Crippen LogP contribution in [0, 0.1) is 0 Å². The quantitative estimate of drug-likeness (QED) is 0.833. The van der Waals surface area contributed by atoms with Gasteiger partial charge in [0, 0.05) is 24.5 Å². The molecule has 1 aromatic heterocycles. The molecule has 1 fully saturated rings. The lowest BCUT2D eigenvalue weighted by Gasteiger charge is -2.37. The highest BCUT2D eigenvalue weighted by molar-refractivity contribution is 5.89. The molecule has 1 atom stereocenters. The molecular weight excluding hydrogens is 366 g/mol. The number of alkyl halides is 2. The van der Waals surface area contributed by atoms with Crippen molar-refractivity contribution >= 4 is 22.8 Å². The molecule has 0 radical (unpaired) electrons. The Balaban J connectivity index is 1.86. The highest BCUT2D eigenvalue weighted by Crippen LogP contribution is 2.31. The summed E-state index contributed by atoms with van der Waals surface area (Å²) in [4.78, 5) is 22.2. The first-order valence-electron chi connectivity index (χ1n) is 9.53. The Kier molecular flexibility index (Phi) is 5.96. The number of piperidine rings is 1. The fourth-order valence-corrected chi connectivity index (χ4v) is 3.40. The second-order valence-electron chi connectivity index (χ2n) is 7.95. The summed E-state index contributed by atoms with van der Waals surface area (Å²) in [6.45, 7) is 6.46. The topological polar surface area (TPSA) is 67.3 Å². The predicted octanol–water partition coefficient (Wildman–Crippen LogP) is 4.45. The molecule has 1 saturated heterocycles. The van der Waals surface area contributed by atoms with Gasteiger partial charge >= 0.3 is 6.09 Å². The number of hydrogen-bond donors (Lipinski definition) is 1. The van der Waals surface area contributed by atoms with Crippen LogP contribution in [-0.4, -0.2) is 40.8 Å². The number of hydrogen-bond acceptors (Lipinski definition) is 5. The zero-order chi connectivity index (χ0) is 20.3. The van der Waals surface area contributed by atoms with Crippen molar-refractivity contribution in [2.75, 3.05) is 18.0 Å². The average Bonchev–Trinajstić information content (AvgIpc) is 2.64. The highest BCUT2D eigenvalue weighted by atomic mass is 19.3. The fraction of sp³-hybridized carbons (Fsp3) is 0.550. The maximum Gasteiger partial charge on any atom is 0.407 e. The predicted molar refractivity (Wildman–Crippen MR) is 104 cm³/mol. The minimum Gasteiger partial charge on any atom is -0.444 e. The molecule has 1 unspecified atom stereocenters. The first-order chi connectivity index (χ1) is 13.2. The van der Waals surface area contributed by atoms with Gasteiger partial charge in [-0.1, -0.05) is 12.1 Å². The number of nitrogens with one attached hydrogen (secondary N) is 1. The van der Waals surface area contributed by atoms with Crippen LogP contribution in [0.5, 0.6) is 0 Å². The largest absolute Gasteiger partial charge is 0.444 e. The Morgan fingerprint density at radius 1 is 1.29 bits per heavy atom. The van der Waals surface area contributed by atoms with Crippen molar-refractivity contribution in [1.29, 1.82) is 0 Å². The Hall–Kier alpha value is -2.51. The second-order valence-corrected chi connectivity index (χ2v) is 7.95. The van der Waals surface area contributed by atoms with E-state index in [1.807, 2.05) is 17.0 Å². The van der Waals surface area contributed by atoms with E-state index in [2.05, 4.69) is 15.3 Å². The Bertz CT molecular complexity index is 839. The number of ether oxygens (including phenoxy) is 1. The van der Waals surface area contributed by atoms with Gasteiger partial charge < -0.3 is 15.0 Å². The van der Waals surface area contributed by atoms with E-state index >= 15 is 0 Å². The van der Waals surface area contributed by atoms with Crippen LogP contribution in [0.2, 0.25) is 0 Å². The van der Waals surface area contributed by atoms with Gasteiger partial charge in [0.25, 0.3) is 6.43 Å². The molecule has 1 amide bonds. The van der Waals surface area contributed by atoms with E-state index < -0.39 is 23.9 Å². The van der Waals surface area contributed by atoms with Crippen molar-refractivity contribution < 1.29 is 18.3 Å². The summed E-state index contributed by atoms with van der Waals surface area (Å²) in [6, 6.07) is 7.11. The third-order valence-corrected chi connectivity index (χ3v) is 4.58. The Morgan fingerprint density at radius 3 is 2.75 bits per heavy atom. The average molecular weight is 392 g/mol. The van der Waals surface area contributed by atoms with Crippen LogP contribution in [0.1, 0.15) is 52.3 Å². The van der Waals surface area contributed by atoms with Gasteiger partial charge in [-0.3, -0.25) is 0 Å². The van der Waals surface area contributed by atoms with E-state index in [1.165, 1.54) is 0 Å². The molecule has 1 N–H and O–H groups in total. The van der Waals surface area contributed by atoms with Crippen molar-refractivity contribution in [3.8, 4) is 0 Å². The van der Waals surface area contributed by atoms with Gasteiger partial charge in [-0.05, 0) is 52.2 Å². The van der Waals surface area contributed by atoms with Gasteiger partial charge in [0.2, 0.25) is 0 Å². The smallest absolute Gasteiger partial charge is 0.407 e. The third-order valence-electron chi connectivity index (χ3n) is 4.58. The van der Waals surface area contributed by atoms with Crippen LogP contribution in [0.15, 0.2) is 24.3 Å². The van der Waals surface area contributed by atoms with Crippen LogP contribution >= 0.6 is 0 Å². The number of halogens is 2. The van der Waals surface area contributed by atoms with Crippen molar-refractivity contribution in [2.24, 2.45) is 0 Å². The lowest BCUT2D eigenvalue weighted by atomic mass is 10.0. The van der Waals surface area contributed by atoms with Crippen LogP contribution < -0.4 is 10.2 Å². The summed E-state index contributed by atoms with van der Waals surface area (Å²) in [7, 11) is 0. The molecule has 8 heteroatoms. The second kappa shape index (κ2) is 8.24. The van der Waals surface area contributed by atoms with Crippen molar-refractivity contribution in [3.63, 3.8) is 0 Å². The third kappa shape index (κ3) is 4.85. The number of fused-ring (bicyclic) bond motifs is 1. The number of carbonyl (C=O) groups excluding carboxylic acids is 1. The van der Waals surface area contributed by atoms with Gasteiger partial charge in [0.05, 0.1) is 5.52 Å². The molecule has 2 aromatic rings. The standard InChI is InChI=1S/C20H26F2N4O2/c1-20(2,3)28-19(27)23-12-13-8-6-7-11-26(13)18-14-9-4-5-10-15(14)24-17(25-18)16(21)22/h4-5,9-10,13,16H,6-8,11-12H2,1-3H3,(H,23,27). The van der Waals surface area contributed by atoms with Crippen molar-refractivity contribution in [1.82, 2.24) is 15.3 Å². The number of nitrogens with zero attached hydrogens (tertiary/aromatic N) is 3. The number of anilines is 1. The van der Waals surface area contributed by atoms with E-state index in [9.17, 15) is 13.6 Å². The molecular formula is C20H26F2N4O2. The number of para-hydroxylation sites is 1. The molecule has 0 spiro atoms. The first kappa shape index (κ1) is 20.2. The first-order valence-corrected chi connectivity index (χ1v) is 9.53. The van der Waals surface area contributed by atoms with Gasteiger partial charge in [-0.15, -0.1) is 0 Å². The summed E-state index contributed by atoms with van der Waals surface area (Å²) in [5, 5.41) is 3.53. The number of rotatable bonds is 4. The van der Waals surface area contributed by atoms with Crippen LogP contribution in [0.25, 0.3) is 10.9 Å². The molecule has 2 heterocycles. The maximum atomic E-state index is 13.3. The highest BCUT2D eigenvalue weighted by Gasteiger charge is 2.28. The SMILES string of the molecule is CC(C)(C)OC(=O)NCC1CCCCN1c1nc(C(F)F)nc2ccccc12. The number of aromatic nitrogens is 2. The van der Waals surface area contributed by atoms with Gasteiger partial charge in [0.15, 0.2) is 5.82 Å². The lowest BCUT2D eigenvalue weighted by Crippen LogP contribution is -2.48. The minimum atomic E-state index is -2.74. The molecule has 3 rings (SSSR count). The fourth-order valence-electron chi connectivity index (χ4n) is 3.40. The van der Waals surface area contributed by atoms with E-state index in [0.717, 1.165) is 24.6 Å². The maximum absolute atomic E-state index is 13.3. The summed E-state index contributed by atoms with van der Waals surface area (Å²) >= 11 is 0. The number of carbonyl (C=O) groups is 1. The Labute approximate surface area is 163 Å². The summed E-state index contributed by atoms with van der Waals surface area (Å²) in [5.74, 6) is 0.0229. The lowest BCUT2D eigenvalue weighted by molar-refractivity contribution is 0.0523.